The lowest BCUT2D eigenvalue weighted by Gasteiger charge is -2.32. The standard InChI is InChI=1S/C23H39N2O5P/c1-5-16-28-22-10-8-9-21(19(22)4)23(26)24-18-20-11-13-25(14-12-20)15-17-31(27,29-6-2)30-7-3/h8-10,20H,5-7,11-18H2,1-4H3,(H,24,26). The van der Waals surface area contributed by atoms with Crippen LogP contribution in [0.15, 0.2) is 18.2 Å². The quantitative estimate of drug-likeness (QED) is 0.443. The maximum absolute atomic E-state index is 12.7. The highest BCUT2D eigenvalue weighted by atomic mass is 31.2. The predicted molar refractivity (Wildman–Crippen MR) is 124 cm³/mol. The number of carbonyl (C=O) groups is 1. The van der Waals surface area contributed by atoms with E-state index < -0.39 is 7.60 Å². The number of likely N-dealkylation sites (tertiary alicyclic amines) is 1. The van der Waals surface area contributed by atoms with Gasteiger partial charge in [0.05, 0.1) is 26.0 Å². The molecule has 0 unspecified atom stereocenters. The molecule has 0 aliphatic carbocycles. The van der Waals surface area contributed by atoms with Gasteiger partial charge in [0.1, 0.15) is 5.75 Å². The second kappa shape index (κ2) is 13.2. The molecule has 1 amide bonds. The molecule has 0 spiro atoms. The SMILES string of the molecule is CCCOc1cccc(C(=O)NCC2CCN(CCP(=O)(OCC)OCC)CC2)c1C. The molecule has 176 valence electrons. The van der Waals surface area contributed by atoms with E-state index >= 15 is 0 Å². The summed E-state index contributed by atoms with van der Waals surface area (Å²) in [6.07, 6.45) is 3.37. The molecule has 0 radical (unpaired) electrons. The summed E-state index contributed by atoms with van der Waals surface area (Å²) in [6.45, 7) is 12.3. The first-order valence-corrected chi connectivity index (χ1v) is 13.3. The van der Waals surface area contributed by atoms with Crippen LogP contribution in [-0.2, 0) is 13.6 Å². The number of nitrogens with zero attached hydrogens (tertiary/aromatic N) is 1. The van der Waals surface area contributed by atoms with Gasteiger partial charge in [-0.3, -0.25) is 9.36 Å². The van der Waals surface area contributed by atoms with E-state index in [1.807, 2.05) is 39.0 Å². The summed E-state index contributed by atoms with van der Waals surface area (Å²) >= 11 is 0. The van der Waals surface area contributed by atoms with Gasteiger partial charge in [0.25, 0.3) is 5.91 Å². The van der Waals surface area contributed by atoms with Crippen LogP contribution < -0.4 is 10.1 Å². The first-order chi connectivity index (χ1) is 14.9. The van der Waals surface area contributed by atoms with Gasteiger partial charge in [-0.15, -0.1) is 0 Å². The Hall–Kier alpha value is -1.40. The van der Waals surface area contributed by atoms with E-state index in [9.17, 15) is 9.36 Å². The Labute approximate surface area is 187 Å². The van der Waals surface area contributed by atoms with Gasteiger partial charge in [-0.05, 0) is 71.2 Å². The van der Waals surface area contributed by atoms with Crippen molar-refractivity contribution in [1.29, 1.82) is 0 Å². The number of benzene rings is 1. The van der Waals surface area contributed by atoms with Gasteiger partial charge in [0.2, 0.25) is 0 Å². The van der Waals surface area contributed by atoms with Crippen LogP contribution in [-0.4, -0.2) is 63.0 Å². The van der Waals surface area contributed by atoms with Crippen LogP contribution in [0.25, 0.3) is 0 Å². The third-order valence-corrected chi connectivity index (χ3v) is 7.64. The van der Waals surface area contributed by atoms with Crippen molar-refractivity contribution < 1.29 is 23.1 Å². The fourth-order valence-corrected chi connectivity index (χ4v) is 5.45. The number of piperidine rings is 1. The fourth-order valence-electron chi connectivity index (χ4n) is 3.80. The van der Waals surface area contributed by atoms with Crippen molar-refractivity contribution in [3.8, 4) is 5.75 Å². The van der Waals surface area contributed by atoms with Crippen molar-refractivity contribution >= 4 is 13.5 Å². The molecule has 31 heavy (non-hydrogen) atoms. The molecule has 0 bridgehead atoms. The molecule has 7 nitrogen and oxygen atoms in total. The summed E-state index contributed by atoms with van der Waals surface area (Å²) in [5.41, 5.74) is 1.56. The zero-order chi connectivity index (χ0) is 22.7. The van der Waals surface area contributed by atoms with Gasteiger partial charge < -0.3 is 24.0 Å². The van der Waals surface area contributed by atoms with Crippen molar-refractivity contribution in [1.82, 2.24) is 10.2 Å². The topological polar surface area (TPSA) is 77.1 Å². The molecule has 1 N–H and O–H groups in total. The Bertz CT molecular complexity index is 725. The van der Waals surface area contributed by atoms with E-state index in [1.54, 1.807) is 0 Å². The van der Waals surface area contributed by atoms with Gasteiger partial charge in [0.15, 0.2) is 0 Å². The van der Waals surface area contributed by atoms with Crippen LogP contribution in [0.4, 0.5) is 0 Å². The minimum Gasteiger partial charge on any atom is -0.493 e. The maximum atomic E-state index is 12.7. The minimum absolute atomic E-state index is 0.0451. The second-order valence-electron chi connectivity index (χ2n) is 7.94. The van der Waals surface area contributed by atoms with Crippen LogP contribution in [0.2, 0.25) is 0 Å². The largest absolute Gasteiger partial charge is 0.493 e. The number of rotatable bonds is 13. The molecular weight excluding hydrogens is 415 g/mol. The van der Waals surface area contributed by atoms with Crippen molar-refractivity contribution in [2.75, 3.05) is 52.2 Å². The van der Waals surface area contributed by atoms with Crippen molar-refractivity contribution in [3.05, 3.63) is 29.3 Å². The highest BCUT2D eigenvalue weighted by Crippen LogP contribution is 2.47. The van der Waals surface area contributed by atoms with Crippen LogP contribution in [0.1, 0.15) is 56.0 Å². The van der Waals surface area contributed by atoms with Gasteiger partial charge in [0, 0.05) is 24.2 Å². The van der Waals surface area contributed by atoms with Crippen molar-refractivity contribution in [3.63, 3.8) is 0 Å². The van der Waals surface area contributed by atoms with Crippen LogP contribution in [0.3, 0.4) is 0 Å². The molecule has 0 aromatic heterocycles. The fraction of sp³-hybridized carbons (Fsp3) is 0.696. The van der Waals surface area contributed by atoms with Crippen LogP contribution in [0, 0.1) is 12.8 Å². The van der Waals surface area contributed by atoms with E-state index in [-0.39, 0.29) is 5.91 Å². The molecule has 1 aromatic carbocycles. The summed E-state index contributed by atoms with van der Waals surface area (Å²) in [6, 6.07) is 5.63. The lowest BCUT2D eigenvalue weighted by atomic mass is 9.96. The van der Waals surface area contributed by atoms with Crippen molar-refractivity contribution in [2.24, 2.45) is 5.92 Å². The van der Waals surface area contributed by atoms with E-state index in [1.165, 1.54) is 0 Å². The summed E-state index contributed by atoms with van der Waals surface area (Å²) in [4.78, 5) is 15.0. The summed E-state index contributed by atoms with van der Waals surface area (Å²) in [5, 5.41) is 3.10. The zero-order valence-electron chi connectivity index (χ0n) is 19.5. The van der Waals surface area contributed by atoms with Crippen LogP contribution in [0.5, 0.6) is 5.75 Å². The maximum Gasteiger partial charge on any atom is 0.331 e. The number of hydrogen-bond acceptors (Lipinski definition) is 6. The smallest absolute Gasteiger partial charge is 0.331 e. The lowest BCUT2D eigenvalue weighted by Crippen LogP contribution is -2.39. The summed E-state index contributed by atoms with van der Waals surface area (Å²) < 4.78 is 29.1. The molecule has 0 saturated carbocycles. The third-order valence-electron chi connectivity index (χ3n) is 5.59. The monoisotopic (exact) mass is 454 g/mol. The Morgan fingerprint density at radius 2 is 1.84 bits per heavy atom. The molecule has 0 atom stereocenters. The second-order valence-corrected chi connectivity index (χ2v) is 10.1. The molecule has 1 aliphatic heterocycles. The van der Waals surface area contributed by atoms with Gasteiger partial charge in [-0.2, -0.15) is 0 Å². The summed E-state index contributed by atoms with van der Waals surface area (Å²) in [5.74, 6) is 1.18. The number of carbonyl (C=O) groups excluding carboxylic acids is 1. The van der Waals surface area contributed by atoms with Crippen molar-refractivity contribution in [2.45, 2.75) is 47.0 Å². The molecule has 2 rings (SSSR count). The minimum atomic E-state index is -2.99. The highest BCUT2D eigenvalue weighted by Gasteiger charge is 2.26. The predicted octanol–water partition coefficient (Wildman–Crippen LogP) is 4.49. The van der Waals surface area contributed by atoms with E-state index in [0.717, 1.165) is 43.7 Å². The van der Waals surface area contributed by atoms with E-state index in [2.05, 4.69) is 17.1 Å². The van der Waals surface area contributed by atoms with E-state index in [4.69, 9.17) is 13.8 Å². The molecule has 1 saturated heterocycles. The first-order valence-electron chi connectivity index (χ1n) is 11.5. The van der Waals surface area contributed by atoms with Gasteiger partial charge >= 0.3 is 7.60 Å². The normalized spacial score (nSPS) is 15.7. The Morgan fingerprint density at radius 3 is 2.45 bits per heavy atom. The molecular formula is C23H39N2O5P. The summed E-state index contributed by atoms with van der Waals surface area (Å²) in [7, 11) is -2.99. The molecule has 8 heteroatoms. The number of nitrogens with one attached hydrogen (secondary N) is 1. The molecule has 1 aromatic rings. The van der Waals surface area contributed by atoms with Gasteiger partial charge in [-0.25, -0.2) is 0 Å². The zero-order valence-corrected chi connectivity index (χ0v) is 20.4. The number of ether oxygens (including phenoxy) is 1. The molecule has 1 heterocycles. The highest BCUT2D eigenvalue weighted by molar-refractivity contribution is 7.53. The number of amides is 1. The van der Waals surface area contributed by atoms with Crippen LogP contribution >= 0.6 is 7.60 Å². The molecule has 1 fully saturated rings. The average Bonchev–Trinajstić information content (AvgIpc) is 2.76. The Balaban J connectivity index is 1.77. The molecule has 1 aliphatic rings. The average molecular weight is 455 g/mol. The Morgan fingerprint density at radius 1 is 1.16 bits per heavy atom. The van der Waals surface area contributed by atoms with Gasteiger partial charge in [-0.1, -0.05) is 13.0 Å². The first kappa shape index (κ1) is 25.9. The number of hydrogen-bond donors (Lipinski definition) is 1. The third kappa shape index (κ3) is 8.23. The van der Waals surface area contributed by atoms with E-state index in [0.29, 0.717) is 50.6 Å². The Kier molecular flexibility index (Phi) is 11.0. The lowest BCUT2D eigenvalue weighted by molar-refractivity contribution is 0.0935.